The summed E-state index contributed by atoms with van der Waals surface area (Å²) in [5, 5.41) is 5.23. The first-order valence-electron chi connectivity index (χ1n) is 10.6. The average Bonchev–Trinajstić information content (AvgIpc) is 3.23. The molecule has 0 bridgehead atoms. The van der Waals surface area contributed by atoms with E-state index in [-0.39, 0.29) is 24.4 Å². The number of urea groups is 1. The monoisotopic (exact) mass is 419 g/mol. The van der Waals surface area contributed by atoms with Crippen molar-refractivity contribution < 1.29 is 14.4 Å². The molecule has 8 nitrogen and oxygen atoms in total. The molecule has 29 heavy (non-hydrogen) atoms. The van der Waals surface area contributed by atoms with Gasteiger partial charge in [0.2, 0.25) is 5.91 Å². The van der Waals surface area contributed by atoms with Crippen LogP contribution in [0.1, 0.15) is 57.1 Å². The summed E-state index contributed by atoms with van der Waals surface area (Å²) in [6, 6.07) is -0.378. The van der Waals surface area contributed by atoms with Crippen molar-refractivity contribution in [3.8, 4) is 0 Å². The molecule has 3 fully saturated rings. The quantitative estimate of drug-likeness (QED) is 0.742. The summed E-state index contributed by atoms with van der Waals surface area (Å²) >= 11 is 1.38. The Morgan fingerprint density at radius 2 is 1.83 bits per heavy atom. The predicted octanol–water partition coefficient (Wildman–Crippen LogP) is 2.66. The minimum Gasteiger partial charge on any atom is -0.313 e. The van der Waals surface area contributed by atoms with Crippen molar-refractivity contribution in [2.45, 2.75) is 63.5 Å². The van der Waals surface area contributed by atoms with Crippen LogP contribution in [0.5, 0.6) is 0 Å². The van der Waals surface area contributed by atoms with Gasteiger partial charge < -0.3 is 10.2 Å². The van der Waals surface area contributed by atoms with Gasteiger partial charge in [0.05, 0.1) is 5.69 Å². The number of carbonyl (C=O) groups is 3. The van der Waals surface area contributed by atoms with Crippen LogP contribution in [0, 0.1) is 0 Å². The van der Waals surface area contributed by atoms with Crippen LogP contribution in [-0.4, -0.2) is 69.8 Å². The lowest BCUT2D eigenvalue weighted by Gasteiger charge is -2.35. The number of nitrogens with one attached hydrogen (secondary N) is 1. The molecular weight excluding hydrogens is 390 g/mol. The Bertz CT molecular complexity index is 783. The molecule has 2 aliphatic heterocycles. The molecule has 1 aromatic heterocycles. The van der Waals surface area contributed by atoms with E-state index in [2.05, 4.69) is 15.2 Å². The standard InChI is InChI=1S/C20H29N5O3S/c1-23-19(28)25(17(27)20(23)8-4-2-5-9-20)13-16(26)22-18-21-15(14-29-18)12-24-10-6-3-7-11-24/h14H,2-13H2,1H3,(H,21,22,26). The van der Waals surface area contributed by atoms with E-state index < -0.39 is 5.54 Å². The first kappa shape index (κ1) is 20.3. The van der Waals surface area contributed by atoms with Gasteiger partial charge in [-0.05, 0) is 38.8 Å². The van der Waals surface area contributed by atoms with E-state index in [4.69, 9.17) is 0 Å². The van der Waals surface area contributed by atoms with Gasteiger partial charge >= 0.3 is 6.03 Å². The highest BCUT2D eigenvalue weighted by Gasteiger charge is 2.55. The number of hydrogen-bond donors (Lipinski definition) is 1. The number of aromatic nitrogens is 1. The number of imide groups is 1. The van der Waals surface area contributed by atoms with Crippen molar-refractivity contribution in [1.29, 1.82) is 0 Å². The van der Waals surface area contributed by atoms with Gasteiger partial charge in [-0.1, -0.05) is 25.7 Å². The summed E-state index contributed by atoms with van der Waals surface area (Å²) in [7, 11) is 1.68. The maximum atomic E-state index is 13.0. The molecule has 0 atom stereocenters. The summed E-state index contributed by atoms with van der Waals surface area (Å²) in [4.78, 5) is 47.7. The zero-order valence-corrected chi connectivity index (χ0v) is 17.8. The van der Waals surface area contributed by atoms with Crippen LogP contribution in [0.4, 0.5) is 9.93 Å². The van der Waals surface area contributed by atoms with Crippen LogP contribution in [0.3, 0.4) is 0 Å². The lowest BCUT2D eigenvalue weighted by atomic mass is 9.81. The predicted molar refractivity (Wildman–Crippen MR) is 111 cm³/mol. The third-order valence-electron chi connectivity index (χ3n) is 6.42. The highest BCUT2D eigenvalue weighted by molar-refractivity contribution is 7.13. The van der Waals surface area contributed by atoms with Crippen LogP contribution < -0.4 is 5.32 Å². The third kappa shape index (κ3) is 4.02. The average molecular weight is 420 g/mol. The van der Waals surface area contributed by atoms with E-state index in [1.165, 1.54) is 30.6 Å². The lowest BCUT2D eigenvalue weighted by Crippen LogP contribution is -2.49. The Morgan fingerprint density at radius 3 is 2.55 bits per heavy atom. The van der Waals surface area contributed by atoms with Gasteiger partial charge in [-0.3, -0.25) is 19.4 Å². The number of thiazole rings is 1. The summed E-state index contributed by atoms with van der Waals surface area (Å²) in [5.74, 6) is -0.614. The number of rotatable bonds is 5. The van der Waals surface area contributed by atoms with E-state index >= 15 is 0 Å². The number of nitrogens with zero attached hydrogens (tertiary/aromatic N) is 4. The molecule has 1 spiro atoms. The number of likely N-dealkylation sites (N-methyl/N-ethyl adjacent to an activating group) is 1. The summed E-state index contributed by atoms with van der Waals surface area (Å²) in [6.45, 7) is 2.72. The van der Waals surface area contributed by atoms with Crippen LogP contribution in [0.25, 0.3) is 0 Å². The van der Waals surface area contributed by atoms with Gasteiger partial charge in [0.15, 0.2) is 5.13 Å². The van der Waals surface area contributed by atoms with E-state index in [9.17, 15) is 14.4 Å². The Hall–Kier alpha value is -2.00. The highest BCUT2D eigenvalue weighted by atomic mass is 32.1. The number of amides is 4. The van der Waals surface area contributed by atoms with Crippen LogP contribution in [0.15, 0.2) is 5.38 Å². The van der Waals surface area contributed by atoms with Gasteiger partial charge in [0.1, 0.15) is 12.1 Å². The van der Waals surface area contributed by atoms with Crippen molar-refractivity contribution in [2.24, 2.45) is 0 Å². The van der Waals surface area contributed by atoms with Crippen molar-refractivity contribution in [2.75, 3.05) is 32.0 Å². The number of likely N-dealkylation sites (tertiary alicyclic amines) is 1. The number of anilines is 1. The minimum absolute atomic E-state index is 0.232. The van der Waals surface area contributed by atoms with Gasteiger partial charge in [-0.2, -0.15) is 0 Å². The normalized spacial score (nSPS) is 22.5. The Labute approximate surface area is 175 Å². The van der Waals surface area contributed by atoms with E-state index in [0.29, 0.717) is 18.0 Å². The molecule has 9 heteroatoms. The van der Waals surface area contributed by atoms with Gasteiger partial charge in [-0.25, -0.2) is 9.78 Å². The molecule has 0 radical (unpaired) electrons. The molecule has 4 rings (SSSR count). The molecule has 0 unspecified atom stereocenters. The van der Waals surface area contributed by atoms with Crippen molar-refractivity contribution in [3.05, 3.63) is 11.1 Å². The molecule has 1 aromatic rings. The third-order valence-corrected chi connectivity index (χ3v) is 7.22. The molecule has 2 saturated heterocycles. The van der Waals surface area contributed by atoms with E-state index in [1.807, 2.05) is 5.38 Å². The van der Waals surface area contributed by atoms with Gasteiger partial charge in [0, 0.05) is 19.0 Å². The summed E-state index contributed by atoms with van der Waals surface area (Å²) < 4.78 is 0. The van der Waals surface area contributed by atoms with Crippen LogP contribution in [-0.2, 0) is 16.1 Å². The smallest absolute Gasteiger partial charge is 0.313 e. The number of piperidine rings is 1. The number of carbonyl (C=O) groups excluding carboxylic acids is 3. The first-order chi connectivity index (χ1) is 14.0. The van der Waals surface area contributed by atoms with Crippen LogP contribution in [0.2, 0.25) is 0 Å². The molecule has 3 aliphatic rings. The molecule has 1 saturated carbocycles. The molecule has 1 N–H and O–H groups in total. The van der Waals surface area contributed by atoms with Gasteiger partial charge in [0.25, 0.3) is 5.91 Å². The number of hydrogen-bond acceptors (Lipinski definition) is 6. The van der Waals surface area contributed by atoms with Crippen molar-refractivity contribution >= 4 is 34.3 Å². The fraction of sp³-hybridized carbons (Fsp3) is 0.700. The topological polar surface area (TPSA) is 85.8 Å². The first-order valence-corrected chi connectivity index (χ1v) is 11.4. The zero-order valence-electron chi connectivity index (χ0n) is 17.0. The molecule has 1 aliphatic carbocycles. The second-order valence-electron chi connectivity index (χ2n) is 8.35. The summed E-state index contributed by atoms with van der Waals surface area (Å²) in [5.41, 5.74) is 0.194. The Balaban J connectivity index is 1.35. The Morgan fingerprint density at radius 1 is 1.14 bits per heavy atom. The molecule has 158 valence electrons. The van der Waals surface area contributed by atoms with E-state index in [0.717, 1.165) is 49.5 Å². The second-order valence-corrected chi connectivity index (χ2v) is 9.21. The SMILES string of the molecule is CN1C(=O)N(CC(=O)Nc2nc(CN3CCCCC3)cs2)C(=O)C12CCCCC2. The fourth-order valence-electron chi connectivity index (χ4n) is 4.76. The van der Waals surface area contributed by atoms with E-state index in [1.54, 1.807) is 11.9 Å². The second kappa shape index (κ2) is 8.39. The summed E-state index contributed by atoms with van der Waals surface area (Å²) in [6.07, 6.45) is 8.05. The molecule has 4 amide bonds. The molecule has 3 heterocycles. The maximum absolute atomic E-state index is 13.0. The van der Waals surface area contributed by atoms with Gasteiger partial charge in [-0.15, -0.1) is 11.3 Å². The molecule has 0 aromatic carbocycles. The maximum Gasteiger partial charge on any atom is 0.327 e. The largest absolute Gasteiger partial charge is 0.327 e. The zero-order chi connectivity index (χ0) is 20.4. The Kier molecular flexibility index (Phi) is 5.87. The molecular formula is C20H29N5O3S. The lowest BCUT2D eigenvalue weighted by molar-refractivity contribution is -0.136. The fourth-order valence-corrected chi connectivity index (χ4v) is 5.47. The minimum atomic E-state index is -0.752. The van der Waals surface area contributed by atoms with Crippen LogP contribution >= 0.6 is 11.3 Å². The van der Waals surface area contributed by atoms with Crippen molar-refractivity contribution in [1.82, 2.24) is 19.7 Å². The van der Waals surface area contributed by atoms with Crippen molar-refractivity contribution in [3.63, 3.8) is 0 Å². The highest BCUT2D eigenvalue weighted by Crippen LogP contribution is 2.39.